The molecule has 3 rings (SSSR count). The molecule has 2 N–H and O–H groups in total. The van der Waals surface area contributed by atoms with Crippen LogP contribution in [0.3, 0.4) is 0 Å². The lowest BCUT2D eigenvalue weighted by molar-refractivity contribution is 0.860. The summed E-state index contributed by atoms with van der Waals surface area (Å²) in [4.78, 5) is 8.28. The van der Waals surface area contributed by atoms with E-state index in [1.54, 1.807) is 10.9 Å². The quantitative estimate of drug-likeness (QED) is 0.640. The van der Waals surface area contributed by atoms with Gasteiger partial charge in [-0.05, 0) is 25.1 Å². The van der Waals surface area contributed by atoms with Crippen molar-refractivity contribution in [3.8, 4) is 5.82 Å². The predicted octanol–water partition coefficient (Wildman–Crippen LogP) is 1.71. The van der Waals surface area contributed by atoms with Crippen molar-refractivity contribution in [1.82, 2.24) is 19.7 Å². The Labute approximate surface area is 97.9 Å². The maximum Gasteiger partial charge on any atom is 0.157 e. The van der Waals surface area contributed by atoms with Crippen molar-refractivity contribution >= 4 is 16.6 Å². The lowest BCUT2D eigenvalue weighted by Gasteiger charge is -2.03. The minimum absolute atomic E-state index is 0.713. The van der Waals surface area contributed by atoms with Crippen LogP contribution in [-0.2, 0) is 0 Å². The first-order chi connectivity index (χ1) is 8.24. The van der Waals surface area contributed by atoms with E-state index in [0.717, 1.165) is 22.4 Å². The number of aromatic nitrogens is 4. The van der Waals surface area contributed by atoms with Crippen LogP contribution in [-0.4, -0.2) is 19.7 Å². The summed E-state index contributed by atoms with van der Waals surface area (Å²) in [5.41, 5.74) is 8.35. The Morgan fingerprint density at radius 1 is 1.18 bits per heavy atom. The molecule has 0 saturated heterocycles. The molecule has 2 heterocycles. The van der Waals surface area contributed by atoms with Gasteiger partial charge in [-0.1, -0.05) is 0 Å². The van der Waals surface area contributed by atoms with Crippen molar-refractivity contribution in [2.75, 3.05) is 5.73 Å². The van der Waals surface area contributed by atoms with Gasteiger partial charge < -0.3 is 5.73 Å². The zero-order chi connectivity index (χ0) is 11.8. The molecule has 1 aromatic carbocycles. The number of nitrogens with zero attached hydrogens (tertiary/aromatic N) is 4. The fraction of sp³-hybridized carbons (Fsp3) is 0.0833. The zero-order valence-corrected chi connectivity index (χ0v) is 9.33. The van der Waals surface area contributed by atoms with Crippen molar-refractivity contribution in [1.29, 1.82) is 0 Å². The summed E-state index contributed by atoms with van der Waals surface area (Å²) in [7, 11) is 0. The number of hydrogen-bond acceptors (Lipinski definition) is 4. The lowest BCUT2D eigenvalue weighted by Crippen LogP contribution is -2.00. The van der Waals surface area contributed by atoms with E-state index in [1.165, 1.54) is 6.33 Å². The standard InChI is InChI=1S/C12H11N5/c1-8-4-12(15-7-14-8)17-11-5-10(13)3-2-9(11)6-16-17/h2-7H,13H2,1H3. The molecule has 0 aliphatic carbocycles. The average molecular weight is 225 g/mol. The van der Waals surface area contributed by atoms with Crippen LogP contribution < -0.4 is 5.73 Å². The average Bonchev–Trinajstić information content (AvgIpc) is 2.71. The van der Waals surface area contributed by atoms with Crippen molar-refractivity contribution in [2.45, 2.75) is 6.92 Å². The first-order valence-electron chi connectivity index (χ1n) is 5.26. The van der Waals surface area contributed by atoms with Gasteiger partial charge >= 0.3 is 0 Å². The monoisotopic (exact) mass is 225 g/mol. The summed E-state index contributed by atoms with van der Waals surface area (Å²) < 4.78 is 1.76. The van der Waals surface area contributed by atoms with E-state index in [0.29, 0.717) is 5.69 Å². The molecule has 17 heavy (non-hydrogen) atoms. The number of fused-ring (bicyclic) bond motifs is 1. The second kappa shape index (κ2) is 3.55. The van der Waals surface area contributed by atoms with Gasteiger partial charge in [0.1, 0.15) is 6.33 Å². The summed E-state index contributed by atoms with van der Waals surface area (Å²) in [5, 5.41) is 5.36. The smallest absolute Gasteiger partial charge is 0.157 e. The number of rotatable bonds is 1. The summed E-state index contributed by atoms with van der Waals surface area (Å²) in [5.74, 6) is 0.748. The Balaban J connectivity index is 2.27. The number of nitrogens with two attached hydrogens (primary N) is 1. The SMILES string of the molecule is Cc1cc(-n2ncc3ccc(N)cc32)ncn1. The predicted molar refractivity (Wildman–Crippen MR) is 65.8 cm³/mol. The third-order valence-electron chi connectivity index (χ3n) is 2.60. The van der Waals surface area contributed by atoms with Gasteiger partial charge in [0, 0.05) is 22.8 Å². The van der Waals surface area contributed by atoms with Crippen molar-refractivity contribution in [3.63, 3.8) is 0 Å². The normalized spacial score (nSPS) is 10.9. The highest BCUT2D eigenvalue weighted by Gasteiger charge is 2.06. The van der Waals surface area contributed by atoms with E-state index in [4.69, 9.17) is 5.73 Å². The van der Waals surface area contributed by atoms with Gasteiger partial charge in [0.2, 0.25) is 0 Å². The number of hydrogen-bond donors (Lipinski definition) is 1. The van der Waals surface area contributed by atoms with Crippen LogP contribution in [0.15, 0.2) is 36.8 Å². The molecule has 0 atom stereocenters. The molecule has 0 fully saturated rings. The van der Waals surface area contributed by atoms with Crippen molar-refractivity contribution in [3.05, 3.63) is 42.5 Å². The number of aryl methyl sites for hydroxylation is 1. The Morgan fingerprint density at radius 3 is 2.88 bits per heavy atom. The third-order valence-corrected chi connectivity index (χ3v) is 2.60. The van der Waals surface area contributed by atoms with Crippen LogP contribution in [0.25, 0.3) is 16.7 Å². The maximum atomic E-state index is 5.79. The maximum absolute atomic E-state index is 5.79. The molecular weight excluding hydrogens is 214 g/mol. The topological polar surface area (TPSA) is 69.6 Å². The molecule has 5 heteroatoms. The van der Waals surface area contributed by atoms with Crippen LogP contribution in [0.2, 0.25) is 0 Å². The highest BCUT2D eigenvalue weighted by molar-refractivity contribution is 5.83. The third kappa shape index (κ3) is 1.61. The number of anilines is 1. The lowest BCUT2D eigenvalue weighted by atomic mass is 10.2. The van der Waals surface area contributed by atoms with E-state index < -0.39 is 0 Å². The van der Waals surface area contributed by atoms with E-state index in [2.05, 4.69) is 15.1 Å². The second-order valence-electron chi connectivity index (χ2n) is 3.89. The molecule has 0 unspecified atom stereocenters. The Kier molecular flexibility index (Phi) is 2.04. The first kappa shape index (κ1) is 9.77. The van der Waals surface area contributed by atoms with Gasteiger partial charge in [0.25, 0.3) is 0 Å². The van der Waals surface area contributed by atoms with Crippen molar-refractivity contribution < 1.29 is 0 Å². The molecule has 0 amide bonds. The minimum Gasteiger partial charge on any atom is -0.399 e. The van der Waals surface area contributed by atoms with Crippen LogP contribution in [0, 0.1) is 6.92 Å². The summed E-state index contributed by atoms with van der Waals surface area (Å²) in [6, 6.07) is 7.58. The van der Waals surface area contributed by atoms with Crippen LogP contribution in [0.5, 0.6) is 0 Å². The summed E-state index contributed by atoms with van der Waals surface area (Å²) in [6.07, 6.45) is 3.33. The molecule has 0 aliphatic rings. The highest BCUT2D eigenvalue weighted by atomic mass is 15.3. The van der Waals surface area contributed by atoms with Gasteiger partial charge in [-0.3, -0.25) is 0 Å². The largest absolute Gasteiger partial charge is 0.399 e. The zero-order valence-electron chi connectivity index (χ0n) is 9.33. The Morgan fingerprint density at radius 2 is 2.06 bits per heavy atom. The Bertz CT molecular complexity index is 686. The van der Waals surface area contributed by atoms with E-state index in [1.807, 2.05) is 31.2 Å². The molecule has 0 bridgehead atoms. The second-order valence-corrected chi connectivity index (χ2v) is 3.89. The van der Waals surface area contributed by atoms with Crippen LogP contribution in [0.1, 0.15) is 5.69 Å². The fourth-order valence-electron chi connectivity index (χ4n) is 1.77. The molecule has 5 nitrogen and oxygen atoms in total. The van der Waals surface area contributed by atoms with Gasteiger partial charge in [0.05, 0.1) is 11.7 Å². The Hall–Kier alpha value is -2.43. The van der Waals surface area contributed by atoms with Gasteiger partial charge in [0.15, 0.2) is 5.82 Å². The number of benzene rings is 1. The summed E-state index contributed by atoms with van der Waals surface area (Å²) >= 11 is 0. The molecule has 0 spiro atoms. The molecule has 84 valence electrons. The van der Waals surface area contributed by atoms with Gasteiger partial charge in [-0.15, -0.1) is 0 Å². The van der Waals surface area contributed by atoms with E-state index in [9.17, 15) is 0 Å². The molecule has 2 aromatic heterocycles. The highest BCUT2D eigenvalue weighted by Crippen LogP contribution is 2.19. The van der Waals surface area contributed by atoms with Gasteiger partial charge in [-0.2, -0.15) is 5.10 Å². The molecule has 0 radical (unpaired) electrons. The first-order valence-corrected chi connectivity index (χ1v) is 5.26. The fourth-order valence-corrected chi connectivity index (χ4v) is 1.77. The molecular formula is C12H11N5. The number of nitrogen functional groups attached to an aromatic ring is 1. The molecule has 0 aliphatic heterocycles. The van der Waals surface area contributed by atoms with Gasteiger partial charge in [-0.25, -0.2) is 14.6 Å². The van der Waals surface area contributed by atoms with E-state index in [-0.39, 0.29) is 0 Å². The van der Waals surface area contributed by atoms with Crippen LogP contribution in [0.4, 0.5) is 5.69 Å². The summed E-state index contributed by atoms with van der Waals surface area (Å²) in [6.45, 7) is 1.92. The molecule has 3 aromatic rings. The minimum atomic E-state index is 0.713. The molecule has 0 saturated carbocycles. The van der Waals surface area contributed by atoms with E-state index >= 15 is 0 Å². The van der Waals surface area contributed by atoms with Crippen molar-refractivity contribution in [2.24, 2.45) is 0 Å². The van der Waals surface area contributed by atoms with Crippen LogP contribution >= 0.6 is 0 Å².